The Morgan fingerprint density at radius 3 is 3.04 bits per heavy atom. The minimum atomic E-state index is 0.215. The van der Waals surface area contributed by atoms with E-state index in [0.29, 0.717) is 25.7 Å². The Balaban J connectivity index is 1.40. The van der Waals surface area contributed by atoms with Gasteiger partial charge in [-0.2, -0.15) is 0 Å². The zero-order chi connectivity index (χ0) is 19.5. The molecule has 0 aliphatic carbocycles. The maximum atomic E-state index is 5.90. The molecule has 2 N–H and O–H groups in total. The highest BCUT2D eigenvalue weighted by Gasteiger charge is 2.22. The molecule has 1 aromatic carbocycles. The van der Waals surface area contributed by atoms with Crippen LogP contribution < -0.4 is 20.1 Å². The average molecular weight is 400 g/mol. The van der Waals surface area contributed by atoms with Gasteiger partial charge in [0.05, 0.1) is 18.8 Å². The quantitative estimate of drug-likeness (QED) is 0.493. The van der Waals surface area contributed by atoms with E-state index in [4.69, 9.17) is 9.47 Å². The van der Waals surface area contributed by atoms with E-state index >= 15 is 0 Å². The topological polar surface area (TPSA) is 72.2 Å². The van der Waals surface area contributed by atoms with Crippen LogP contribution in [0.3, 0.4) is 0 Å². The highest BCUT2D eigenvalue weighted by Crippen LogP contribution is 2.35. The largest absolute Gasteiger partial charge is 0.494 e. The Labute approximate surface area is 168 Å². The number of hydrogen-bond donors (Lipinski definition) is 2. The summed E-state index contributed by atoms with van der Waals surface area (Å²) in [5, 5.41) is 8.69. The minimum Gasteiger partial charge on any atom is -0.494 e. The summed E-state index contributed by atoms with van der Waals surface area (Å²) in [7, 11) is 1.76. The highest BCUT2D eigenvalue weighted by molar-refractivity contribution is 7.15. The zero-order valence-corrected chi connectivity index (χ0v) is 17.2. The van der Waals surface area contributed by atoms with Crippen LogP contribution in [0.15, 0.2) is 34.9 Å². The number of nitrogens with zero attached hydrogens (tertiary/aromatic N) is 3. The molecule has 3 heterocycles. The Kier molecular flexibility index (Phi) is 5.38. The predicted molar refractivity (Wildman–Crippen MR) is 112 cm³/mol. The first-order valence-corrected chi connectivity index (χ1v) is 10.3. The summed E-state index contributed by atoms with van der Waals surface area (Å²) >= 11 is 1.62. The second-order valence-corrected chi connectivity index (χ2v) is 7.61. The number of fused-ring (bicyclic) bond motifs is 2. The molecule has 2 aromatic heterocycles. The van der Waals surface area contributed by atoms with Gasteiger partial charge in [0.1, 0.15) is 17.6 Å². The van der Waals surface area contributed by atoms with Crippen molar-refractivity contribution in [2.45, 2.75) is 39.5 Å². The summed E-state index contributed by atoms with van der Waals surface area (Å²) in [5.41, 5.74) is 3.24. The monoisotopic (exact) mass is 399 g/mol. The van der Waals surface area contributed by atoms with Crippen LogP contribution in [-0.2, 0) is 19.5 Å². The molecule has 1 aliphatic heterocycles. The van der Waals surface area contributed by atoms with Crippen molar-refractivity contribution in [3.63, 3.8) is 0 Å². The van der Waals surface area contributed by atoms with Gasteiger partial charge in [-0.1, -0.05) is 0 Å². The Morgan fingerprint density at radius 1 is 1.39 bits per heavy atom. The van der Waals surface area contributed by atoms with E-state index in [2.05, 4.69) is 39.7 Å². The zero-order valence-electron chi connectivity index (χ0n) is 16.4. The van der Waals surface area contributed by atoms with Crippen molar-refractivity contribution in [3.05, 3.63) is 46.7 Å². The number of benzene rings is 1. The van der Waals surface area contributed by atoms with E-state index in [-0.39, 0.29) is 6.10 Å². The van der Waals surface area contributed by atoms with E-state index in [1.54, 1.807) is 18.4 Å². The number of hydrogen-bond acceptors (Lipinski definition) is 5. The number of nitrogens with one attached hydrogen (secondary N) is 2. The van der Waals surface area contributed by atoms with Crippen LogP contribution >= 0.6 is 11.3 Å². The van der Waals surface area contributed by atoms with Crippen molar-refractivity contribution in [1.29, 1.82) is 0 Å². The molecule has 0 saturated heterocycles. The number of aromatic nitrogens is 2. The summed E-state index contributed by atoms with van der Waals surface area (Å²) in [6.45, 7) is 5.92. The van der Waals surface area contributed by atoms with Crippen molar-refractivity contribution in [2.75, 3.05) is 13.7 Å². The van der Waals surface area contributed by atoms with Gasteiger partial charge in [0.15, 0.2) is 10.9 Å². The van der Waals surface area contributed by atoms with Crippen molar-refractivity contribution in [1.82, 2.24) is 20.0 Å². The lowest BCUT2D eigenvalue weighted by molar-refractivity contribution is 0.254. The van der Waals surface area contributed by atoms with Gasteiger partial charge >= 0.3 is 0 Å². The van der Waals surface area contributed by atoms with Gasteiger partial charge < -0.3 is 20.1 Å². The Bertz CT molecular complexity index is 965. The summed E-state index contributed by atoms with van der Waals surface area (Å²) in [6.07, 6.45) is 5.18. The lowest BCUT2D eigenvalue weighted by atomic mass is 10.1. The van der Waals surface area contributed by atoms with Crippen LogP contribution in [-0.4, -0.2) is 35.1 Å². The van der Waals surface area contributed by atoms with Gasteiger partial charge in [-0.25, -0.2) is 4.98 Å². The minimum absolute atomic E-state index is 0.215. The second-order valence-electron chi connectivity index (χ2n) is 6.74. The highest BCUT2D eigenvalue weighted by atomic mass is 32.1. The first-order chi connectivity index (χ1) is 13.7. The third kappa shape index (κ3) is 3.91. The summed E-state index contributed by atoms with van der Waals surface area (Å²) in [6, 6.07) is 4.18. The fraction of sp³-hybridized carbons (Fsp3) is 0.400. The van der Waals surface area contributed by atoms with Gasteiger partial charge in [-0.3, -0.25) is 9.39 Å². The molecule has 8 heteroatoms. The maximum Gasteiger partial charge on any atom is 0.193 e. The fourth-order valence-corrected chi connectivity index (χ4v) is 4.06. The number of ether oxygens (including phenoxy) is 2. The standard InChI is InChI=1S/C20H25N5O2S/c1-4-26-17-8-14-7-13(2)27-18(14)9-15(17)10-22-19(21-3)23-11-16-12-25-5-6-28-20(25)24-16/h5-6,8-9,12-13H,4,7,10-11H2,1-3H3,(H2,21,22,23). The van der Waals surface area contributed by atoms with E-state index in [1.165, 1.54) is 5.56 Å². The van der Waals surface area contributed by atoms with Gasteiger partial charge in [0.2, 0.25) is 0 Å². The molecule has 4 rings (SSSR count). The van der Waals surface area contributed by atoms with Gasteiger partial charge in [0.25, 0.3) is 0 Å². The normalized spacial score (nSPS) is 16.1. The first-order valence-electron chi connectivity index (χ1n) is 9.47. The molecular formula is C20H25N5O2S. The van der Waals surface area contributed by atoms with E-state index in [0.717, 1.165) is 34.1 Å². The predicted octanol–water partition coefficient (Wildman–Crippen LogP) is 2.98. The lowest BCUT2D eigenvalue weighted by Gasteiger charge is -2.15. The van der Waals surface area contributed by atoms with Gasteiger partial charge in [0, 0.05) is 48.9 Å². The van der Waals surface area contributed by atoms with Crippen LogP contribution in [0.1, 0.15) is 30.7 Å². The fourth-order valence-electron chi connectivity index (χ4n) is 3.34. The van der Waals surface area contributed by atoms with Crippen LogP contribution in [0, 0.1) is 0 Å². The second kappa shape index (κ2) is 8.10. The SMILES string of the molecule is CCOc1cc2c(cc1CNC(=NC)NCc1cn3ccsc3n1)OC(C)C2. The molecule has 0 fully saturated rings. The molecule has 0 radical (unpaired) electrons. The third-order valence-electron chi connectivity index (χ3n) is 4.63. The Hall–Kier alpha value is -2.74. The summed E-state index contributed by atoms with van der Waals surface area (Å²) in [5.74, 6) is 2.57. The third-order valence-corrected chi connectivity index (χ3v) is 5.40. The molecular weight excluding hydrogens is 374 g/mol. The number of rotatable bonds is 6. The maximum absolute atomic E-state index is 5.90. The number of aliphatic imine (C=N–C) groups is 1. The average Bonchev–Trinajstić information content (AvgIpc) is 3.35. The molecule has 1 unspecified atom stereocenters. The molecule has 0 spiro atoms. The van der Waals surface area contributed by atoms with Crippen LogP contribution in [0.5, 0.6) is 11.5 Å². The first kappa shape index (κ1) is 18.6. The van der Waals surface area contributed by atoms with Crippen molar-refractivity contribution in [2.24, 2.45) is 4.99 Å². The number of thiazole rings is 1. The smallest absolute Gasteiger partial charge is 0.193 e. The van der Waals surface area contributed by atoms with Gasteiger partial charge in [-0.15, -0.1) is 11.3 Å². The molecule has 0 bridgehead atoms. The molecule has 0 amide bonds. The number of guanidine groups is 1. The lowest BCUT2D eigenvalue weighted by Crippen LogP contribution is -2.36. The van der Waals surface area contributed by atoms with Crippen LogP contribution in [0.2, 0.25) is 0 Å². The van der Waals surface area contributed by atoms with Crippen LogP contribution in [0.4, 0.5) is 0 Å². The molecule has 1 aliphatic rings. The van der Waals surface area contributed by atoms with Gasteiger partial charge in [-0.05, 0) is 26.0 Å². The van der Waals surface area contributed by atoms with Crippen molar-refractivity contribution >= 4 is 22.3 Å². The molecule has 148 valence electrons. The van der Waals surface area contributed by atoms with Crippen LogP contribution in [0.25, 0.3) is 4.96 Å². The van der Waals surface area contributed by atoms with E-state index < -0.39 is 0 Å². The molecule has 3 aromatic rings. The van der Waals surface area contributed by atoms with E-state index in [1.807, 2.05) is 29.1 Å². The summed E-state index contributed by atoms with van der Waals surface area (Å²) in [4.78, 5) is 9.89. The summed E-state index contributed by atoms with van der Waals surface area (Å²) < 4.78 is 13.8. The molecule has 7 nitrogen and oxygen atoms in total. The number of imidazole rings is 1. The molecule has 0 saturated carbocycles. The molecule has 1 atom stereocenters. The van der Waals surface area contributed by atoms with Crippen molar-refractivity contribution < 1.29 is 9.47 Å². The van der Waals surface area contributed by atoms with Crippen molar-refractivity contribution in [3.8, 4) is 11.5 Å². The molecule has 28 heavy (non-hydrogen) atoms. The van der Waals surface area contributed by atoms with E-state index in [9.17, 15) is 0 Å². The Morgan fingerprint density at radius 2 is 2.25 bits per heavy atom.